The molecule has 0 bridgehead atoms. The van der Waals surface area contributed by atoms with Crippen molar-refractivity contribution in [2.75, 3.05) is 11.8 Å². The second kappa shape index (κ2) is 27.2. The van der Waals surface area contributed by atoms with Gasteiger partial charge in [0.2, 0.25) is 0 Å². The zero-order chi connectivity index (χ0) is 14.6. The molecule has 0 aromatic rings. The van der Waals surface area contributed by atoms with Crippen molar-refractivity contribution in [3.05, 3.63) is 0 Å². The van der Waals surface area contributed by atoms with Gasteiger partial charge in [0.1, 0.15) is 4.84 Å². The van der Waals surface area contributed by atoms with Gasteiger partial charge in [0.15, 0.2) is 0 Å². The van der Waals surface area contributed by atoms with Gasteiger partial charge in [-0.15, -0.1) is 46.4 Å². The standard InChI is InChI=1S/2C2H4Cl2.B10/c1-2(3)4;3-1-2-4;1-3-5-7-9-10-8-6-4-2/h2H,1H3;1-2H2;. The molecule has 0 rings (SSSR count). The smallest absolute Gasteiger partial charge is 0.105 e. The van der Waals surface area contributed by atoms with Gasteiger partial charge < -0.3 is 0 Å². The van der Waals surface area contributed by atoms with Crippen molar-refractivity contribution in [3.8, 4) is 0 Å². The third-order valence-corrected chi connectivity index (χ3v) is 1.42. The highest BCUT2D eigenvalue weighted by molar-refractivity contribution is 7.68. The Labute approximate surface area is 141 Å². The molecule has 0 aromatic carbocycles. The van der Waals surface area contributed by atoms with E-state index in [1.807, 2.05) is 28.2 Å². The van der Waals surface area contributed by atoms with Crippen molar-refractivity contribution in [2.45, 2.75) is 11.8 Å². The van der Waals surface area contributed by atoms with E-state index < -0.39 is 0 Å². The van der Waals surface area contributed by atoms with Gasteiger partial charge in [-0.25, -0.2) is 0 Å². The monoisotopic (exact) mass is 306 g/mol. The molecule has 0 fully saturated rings. The first-order valence-electron chi connectivity index (χ1n) is 5.05. The average Bonchev–Trinajstić information content (AvgIpc) is 2.33. The number of hydrogen-bond donors (Lipinski definition) is 0. The van der Waals surface area contributed by atoms with Crippen molar-refractivity contribution in [1.29, 1.82) is 0 Å². The molecule has 14 heteroatoms. The summed E-state index contributed by atoms with van der Waals surface area (Å²) in [5.74, 6) is 1.11. The maximum absolute atomic E-state index is 5.08. The molecule has 0 aliphatic heterocycles. The fourth-order valence-electron chi connectivity index (χ4n) is 0.385. The fraction of sp³-hybridized carbons (Fsp3) is 1.00. The molecule has 0 heterocycles. The lowest BCUT2D eigenvalue weighted by atomic mass is 8.89. The first-order chi connectivity index (χ1) is 8.56. The highest BCUT2D eigenvalue weighted by Gasteiger charge is 1.93. The molecule has 0 saturated carbocycles. The lowest BCUT2D eigenvalue weighted by molar-refractivity contribution is 1.39. The van der Waals surface area contributed by atoms with Crippen LogP contribution in [0, 0.1) is 0 Å². The molecule has 0 aliphatic rings. The molecule has 0 amide bonds. The minimum atomic E-state index is -0.222. The Kier molecular flexibility index (Phi) is 37.5. The van der Waals surface area contributed by atoms with Gasteiger partial charge in [0.05, 0.1) is 0 Å². The minimum Gasteiger partial charge on any atom is -0.125 e. The summed E-state index contributed by atoms with van der Waals surface area (Å²) in [6.07, 6.45) is 0. The summed E-state index contributed by atoms with van der Waals surface area (Å²) in [6.45, 7) is 1.70. The summed E-state index contributed by atoms with van der Waals surface area (Å²) in [5.41, 5.74) is 0. The predicted molar refractivity (Wildman–Crippen MR) is 100 cm³/mol. The first kappa shape index (κ1) is 24.8. The molecule has 0 unspecified atom stereocenters. The van der Waals surface area contributed by atoms with Crippen LogP contribution < -0.4 is 0 Å². The van der Waals surface area contributed by atoms with E-state index in [2.05, 4.69) is 0 Å². The number of rotatable bonds is 8. The van der Waals surface area contributed by atoms with Crippen molar-refractivity contribution in [1.82, 2.24) is 0 Å². The molecule has 0 spiro atoms. The Hall–Kier alpha value is 1.81. The van der Waals surface area contributed by atoms with E-state index in [0.29, 0.717) is 11.8 Å². The van der Waals surface area contributed by atoms with Crippen LogP contribution >= 0.6 is 46.4 Å². The molecule has 0 N–H and O–H groups in total. The van der Waals surface area contributed by atoms with Gasteiger partial charge in [-0.2, -0.15) is 0 Å². The summed E-state index contributed by atoms with van der Waals surface area (Å²) in [4.78, 5) is -0.222. The van der Waals surface area contributed by atoms with Crippen LogP contribution in [0.15, 0.2) is 0 Å². The van der Waals surface area contributed by atoms with Crippen LogP contribution in [0.4, 0.5) is 0 Å². The van der Waals surface area contributed by atoms with E-state index in [1.165, 1.54) is 14.1 Å². The molecule has 0 saturated heterocycles. The minimum absolute atomic E-state index is 0.222. The van der Waals surface area contributed by atoms with E-state index in [9.17, 15) is 0 Å². The first-order valence-corrected chi connectivity index (χ1v) is 6.99. The normalized spacial score (nSPS) is 7.44. The second-order valence-corrected chi connectivity index (χ2v) is 4.73. The summed E-state index contributed by atoms with van der Waals surface area (Å²) >= 11 is 20.2. The topological polar surface area (TPSA) is 0 Å². The molecule has 12 radical (unpaired) electrons. The van der Waals surface area contributed by atoms with Crippen LogP contribution in [0.2, 0.25) is 0 Å². The summed E-state index contributed by atoms with van der Waals surface area (Å²) in [7, 11) is 24.0. The summed E-state index contributed by atoms with van der Waals surface area (Å²) in [6, 6.07) is 0. The SMILES string of the molecule is CC(Cl)Cl.ClCCCl.[B][B][B][B][B][B][B][B][B][B]. The van der Waals surface area contributed by atoms with Crippen LogP contribution in [0.25, 0.3) is 0 Å². The van der Waals surface area contributed by atoms with Gasteiger partial charge in [-0.3, -0.25) is 0 Å². The number of halogens is 4. The summed E-state index contributed by atoms with van der Waals surface area (Å²) < 4.78 is 0. The molecule has 0 aromatic heterocycles. The third-order valence-electron chi connectivity index (χ3n) is 0.849. The Morgan fingerprint density at radius 2 is 1.00 bits per heavy atom. The van der Waals surface area contributed by atoms with E-state index in [-0.39, 0.29) is 4.84 Å². The van der Waals surface area contributed by atoms with Crippen molar-refractivity contribution < 1.29 is 0 Å². The number of alkyl halides is 4. The van der Waals surface area contributed by atoms with Crippen LogP contribution in [0.3, 0.4) is 0 Å². The average molecular weight is 306 g/mol. The van der Waals surface area contributed by atoms with E-state index in [4.69, 9.17) is 61.9 Å². The molecular formula is C4H8B10Cl4. The Balaban J connectivity index is -0.000000233. The Morgan fingerprint density at radius 3 is 1.17 bits per heavy atom. The van der Waals surface area contributed by atoms with Gasteiger partial charge in [-0.1, -0.05) is 0 Å². The van der Waals surface area contributed by atoms with Crippen molar-refractivity contribution in [3.63, 3.8) is 0 Å². The molecule has 82 valence electrons. The molecule has 0 aliphatic carbocycles. The molecular weight excluding hydrogens is 298 g/mol. The van der Waals surface area contributed by atoms with E-state index in [0.717, 1.165) is 0 Å². The third kappa shape index (κ3) is 52.3. The highest BCUT2D eigenvalue weighted by Crippen LogP contribution is 1.95. The maximum atomic E-state index is 5.08. The zero-order valence-electron chi connectivity index (χ0n) is 10.3. The lowest BCUT2D eigenvalue weighted by Gasteiger charge is -1.92. The van der Waals surface area contributed by atoms with Crippen LogP contribution in [0.5, 0.6) is 0 Å². The lowest BCUT2D eigenvalue weighted by Crippen LogP contribution is -2.30. The van der Waals surface area contributed by atoms with Crippen molar-refractivity contribution >= 4 is 118 Å². The largest absolute Gasteiger partial charge is 0.125 e. The molecule has 0 nitrogen and oxygen atoms in total. The van der Waals surface area contributed by atoms with Crippen LogP contribution in [-0.2, 0) is 0 Å². The second-order valence-electron chi connectivity index (χ2n) is 2.44. The zero-order valence-corrected chi connectivity index (χ0v) is 13.3. The van der Waals surface area contributed by atoms with Gasteiger partial charge in [-0.05, 0) is 6.92 Å². The Bertz CT molecular complexity index is 107. The van der Waals surface area contributed by atoms with Gasteiger partial charge >= 0.3 is 0 Å². The van der Waals surface area contributed by atoms with Crippen molar-refractivity contribution in [2.24, 2.45) is 0 Å². The Morgan fingerprint density at radius 1 is 0.778 bits per heavy atom. The quantitative estimate of drug-likeness (QED) is 0.321. The fourth-order valence-corrected chi connectivity index (χ4v) is 0.385. The van der Waals surface area contributed by atoms with E-state index in [1.54, 1.807) is 21.0 Å². The summed E-state index contributed by atoms with van der Waals surface area (Å²) in [5, 5.41) is 0. The van der Waals surface area contributed by atoms with Gasteiger partial charge in [0.25, 0.3) is 0 Å². The highest BCUT2D eigenvalue weighted by atomic mass is 35.5. The van der Waals surface area contributed by atoms with E-state index >= 15 is 0 Å². The molecule has 18 heavy (non-hydrogen) atoms. The molecule has 0 atom stereocenters. The van der Waals surface area contributed by atoms with Gasteiger partial charge in [0, 0.05) is 83.7 Å². The number of hydrogen-bond acceptors (Lipinski definition) is 0. The maximum Gasteiger partial charge on any atom is 0.105 e. The predicted octanol–water partition coefficient (Wildman–Crippen LogP) is -0.534. The van der Waals surface area contributed by atoms with Crippen LogP contribution in [-0.4, -0.2) is 88.6 Å². The van der Waals surface area contributed by atoms with Crippen LogP contribution in [0.1, 0.15) is 6.92 Å².